The number of nitrogens with one attached hydrogen (secondary N) is 1. The summed E-state index contributed by atoms with van der Waals surface area (Å²) >= 11 is 0. The lowest BCUT2D eigenvalue weighted by molar-refractivity contribution is -0.0467. The van der Waals surface area contributed by atoms with Gasteiger partial charge in [-0.25, -0.2) is 4.79 Å². The highest BCUT2D eigenvalue weighted by Crippen LogP contribution is 2.27. The molecule has 1 aliphatic heterocycles. The summed E-state index contributed by atoms with van der Waals surface area (Å²) in [7, 11) is 0. The number of amides is 1. The zero-order valence-corrected chi connectivity index (χ0v) is 11.3. The first kappa shape index (κ1) is 13.8. The van der Waals surface area contributed by atoms with E-state index >= 15 is 0 Å². The average Bonchev–Trinajstić information content (AvgIpc) is 2.80. The lowest BCUT2D eigenvalue weighted by atomic mass is 10.2. The minimum Gasteiger partial charge on any atom is -0.444 e. The number of aromatic nitrogens is 1. The molecular weight excluding hydrogens is 248 g/mol. The topological polar surface area (TPSA) is 69.7 Å². The van der Waals surface area contributed by atoms with Crippen molar-refractivity contribution in [3.05, 3.63) is 24.0 Å². The number of hydrogen-bond acceptors (Lipinski definition) is 5. The Morgan fingerprint density at radius 1 is 1.42 bits per heavy atom. The van der Waals surface area contributed by atoms with Crippen LogP contribution in [0.1, 0.15) is 32.8 Å². The Bertz CT molecular complexity index is 450. The molecule has 6 nitrogen and oxygen atoms in total. The minimum atomic E-state index is -0.549. The average molecular weight is 266 g/mol. The molecule has 1 fully saturated rings. The third-order valence-electron chi connectivity index (χ3n) is 2.32. The van der Waals surface area contributed by atoms with Gasteiger partial charge in [-0.1, -0.05) is 0 Å². The van der Waals surface area contributed by atoms with Gasteiger partial charge in [-0.3, -0.25) is 10.3 Å². The van der Waals surface area contributed by atoms with Crippen LogP contribution in [0.4, 0.5) is 10.5 Å². The summed E-state index contributed by atoms with van der Waals surface area (Å²) < 4.78 is 16.0. The molecule has 0 aromatic carbocycles. The molecule has 1 aromatic rings. The van der Waals surface area contributed by atoms with Crippen LogP contribution in [0.3, 0.4) is 0 Å². The van der Waals surface area contributed by atoms with E-state index in [1.165, 1.54) is 0 Å². The molecule has 1 saturated heterocycles. The Hall–Kier alpha value is -1.66. The van der Waals surface area contributed by atoms with Crippen molar-refractivity contribution in [1.29, 1.82) is 0 Å². The van der Waals surface area contributed by atoms with Gasteiger partial charge in [-0.2, -0.15) is 0 Å². The molecule has 0 saturated carbocycles. The first-order chi connectivity index (χ1) is 8.96. The van der Waals surface area contributed by atoms with Gasteiger partial charge in [-0.05, 0) is 32.9 Å². The van der Waals surface area contributed by atoms with Crippen molar-refractivity contribution in [1.82, 2.24) is 4.98 Å². The van der Waals surface area contributed by atoms with Gasteiger partial charge in [0.2, 0.25) is 6.29 Å². The van der Waals surface area contributed by atoms with E-state index in [-0.39, 0.29) is 0 Å². The van der Waals surface area contributed by atoms with E-state index in [1.807, 2.05) is 0 Å². The fourth-order valence-corrected chi connectivity index (χ4v) is 1.64. The number of ether oxygens (including phenoxy) is 3. The number of rotatable bonds is 2. The van der Waals surface area contributed by atoms with Crippen LogP contribution in [0.2, 0.25) is 0 Å². The second kappa shape index (κ2) is 5.54. The van der Waals surface area contributed by atoms with E-state index in [0.29, 0.717) is 24.6 Å². The molecule has 19 heavy (non-hydrogen) atoms. The van der Waals surface area contributed by atoms with E-state index in [9.17, 15) is 4.79 Å². The van der Waals surface area contributed by atoms with Crippen molar-refractivity contribution in [2.45, 2.75) is 32.7 Å². The molecule has 1 aromatic heterocycles. The number of carbonyl (C=O) groups excluding carboxylic acids is 1. The summed E-state index contributed by atoms with van der Waals surface area (Å²) in [6.45, 7) is 6.46. The molecule has 1 aliphatic rings. The van der Waals surface area contributed by atoms with Crippen LogP contribution < -0.4 is 5.32 Å². The quantitative estimate of drug-likeness (QED) is 0.890. The molecule has 2 rings (SSSR count). The zero-order valence-electron chi connectivity index (χ0n) is 11.3. The Morgan fingerprint density at radius 3 is 2.74 bits per heavy atom. The van der Waals surface area contributed by atoms with Crippen LogP contribution in [0, 0.1) is 0 Å². The number of anilines is 1. The molecule has 0 bridgehead atoms. The second-order valence-corrected chi connectivity index (χ2v) is 5.14. The molecule has 0 aliphatic carbocycles. The summed E-state index contributed by atoms with van der Waals surface area (Å²) in [6, 6.07) is 3.46. The largest absolute Gasteiger partial charge is 0.444 e. The third kappa shape index (κ3) is 3.90. The van der Waals surface area contributed by atoms with Gasteiger partial charge in [0.05, 0.1) is 18.9 Å². The van der Waals surface area contributed by atoms with Crippen molar-refractivity contribution in [3.63, 3.8) is 0 Å². The predicted molar refractivity (Wildman–Crippen MR) is 68.7 cm³/mol. The highest BCUT2D eigenvalue weighted by atomic mass is 16.7. The Labute approximate surface area is 112 Å². The fraction of sp³-hybridized carbons (Fsp3) is 0.538. The molecule has 0 atom stereocenters. The van der Waals surface area contributed by atoms with Crippen LogP contribution in [0.25, 0.3) is 0 Å². The highest BCUT2D eigenvalue weighted by molar-refractivity contribution is 5.85. The van der Waals surface area contributed by atoms with Crippen molar-refractivity contribution in [3.8, 4) is 0 Å². The first-order valence-corrected chi connectivity index (χ1v) is 6.14. The van der Waals surface area contributed by atoms with Gasteiger partial charge in [0.25, 0.3) is 0 Å². The maximum absolute atomic E-state index is 11.8. The maximum atomic E-state index is 11.8. The molecule has 104 valence electrons. The van der Waals surface area contributed by atoms with Gasteiger partial charge < -0.3 is 14.2 Å². The number of carbonyl (C=O) groups is 1. The van der Waals surface area contributed by atoms with E-state index in [0.717, 1.165) is 0 Å². The Balaban J connectivity index is 2.09. The lowest BCUT2D eigenvalue weighted by Gasteiger charge is -2.20. The van der Waals surface area contributed by atoms with E-state index in [2.05, 4.69) is 10.3 Å². The van der Waals surface area contributed by atoms with E-state index < -0.39 is 18.0 Å². The van der Waals surface area contributed by atoms with Crippen LogP contribution in [0.5, 0.6) is 0 Å². The van der Waals surface area contributed by atoms with Crippen molar-refractivity contribution >= 4 is 11.8 Å². The maximum Gasteiger partial charge on any atom is 0.412 e. The normalized spacial score (nSPS) is 16.4. The summed E-state index contributed by atoms with van der Waals surface area (Å²) in [5, 5.41) is 2.66. The van der Waals surface area contributed by atoms with E-state index in [1.54, 1.807) is 39.1 Å². The molecule has 0 spiro atoms. The predicted octanol–water partition coefficient (Wildman–Crippen LogP) is 2.47. The smallest absolute Gasteiger partial charge is 0.412 e. The SMILES string of the molecule is CC(C)(C)OC(=O)Nc1cccnc1C1OCCO1. The zero-order chi connectivity index (χ0) is 13.9. The number of nitrogens with zero attached hydrogens (tertiary/aromatic N) is 1. The molecule has 6 heteroatoms. The molecule has 0 radical (unpaired) electrons. The molecule has 1 N–H and O–H groups in total. The second-order valence-electron chi connectivity index (χ2n) is 5.14. The summed E-state index contributed by atoms with van der Waals surface area (Å²) in [6.07, 6.45) is 0.562. The van der Waals surface area contributed by atoms with Crippen LogP contribution >= 0.6 is 0 Å². The molecule has 2 heterocycles. The molecule has 0 unspecified atom stereocenters. The summed E-state index contributed by atoms with van der Waals surface area (Å²) in [4.78, 5) is 15.9. The summed E-state index contributed by atoms with van der Waals surface area (Å²) in [5.41, 5.74) is 0.529. The number of pyridine rings is 1. The monoisotopic (exact) mass is 266 g/mol. The van der Waals surface area contributed by atoms with Gasteiger partial charge in [-0.15, -0.1) is 0 Å². The van der Waals surface area contributed by atoms with Crippen LogP contribution in [-0.4, -0.2) is 29.9 Å². The minimum absolute atomic E-state index is 0.521. The van der Waals surface area contributed by atoms with E-state index in [4.69, 9.17) is 14.2 Å². The fourth-order valence-electron chi connectivity index (χ4n) is 1.64. The number of hydrogen-bond donors (Lipinski definition) is 1. The third-order valence-corrected chi connectivity index (χ3v) is 2.32. The van der Waals surface area contributed by atoms with Crippen molar-refractivity contribution in [2.75, 3.05) is 18.5 Å². The highest BCUT2D eigenvalue weighted by Gasteiger charge is 2.24. The van der Waals surface area contributed by atoms with Crippen LogP contribution in [-0.2, 0) is 14.2 Å². The van der Waals surface area contributed by atoms with Crippen molar-refractivity contribution < 1.29 is 19.0 Å². The Kier molecular flexibility index (Phi) is 4.01. The standard InChI is InChI=1S/C13H18N2O4/c1-13(2,3)19-12(16)15-9-5-4-6-14-10(9)11-17-7-8-18-11/h4-6,11H,7-8H2,1-3H3,(H,15,16). The first-order valence-electron chi connectivity index (χ1n) is 6.14. The lowest BCUT2D eigenvalue weighted by Crippen LogP contribution is -2.27. The van der Waals surface area contributed by atoms with Gasteiger partial charge >= 0.3 is 6.09 Å². The van der Waals surface area contributed by atoms with Gasteiger partial charge in [0, 0.05) is 6.20 Å². The molecule has 1 amide bonds. The van der Waals surface area contributed by atoms with Crippen molar-refractivity contribution in [2.24, 2.45) is 0 Å². The summed E-state index contributed by atoms with van der Waals surface area (Å²) in [5.74, 6) is 0. The van der Waals surface area contributed by atoms with Crippen LogP contribution in [0.15, 0.2) is 18.3 Å². The van der Waals surface area contributed by atoms with Gasteiger partial charge in [0.15, 0.2) is 0 Å². The molecular formula is C13H18N2O4. The van der Waals surface area contributed by atoms with Gasteiger partial charge in [0.1, 0.15) is 11.3 Å². The Morgan fingerprint density at radius 2 is 2.11 bits per heavy atom.